The highest BCUT2D eigenvalue weighted by Crippen LogP contribution is 2.28. The van der Waals surface area contributed by atoms with Gasteiger partial charge >= 0.3 is 0 Å². The summed E-state index contributed by atoms with van der Waals surface area (Å²) >= 11 is 1.83. The van der Waals surface area contributed by atoms with Gasteiger partial charge in [0.15, 0.2) is 5.13 Å². The third-order valence-corrected chi connectivity index (χ3v) is 4.26. The molecule has 1 saturated heterocycles. The molecule has 1 aromatic rings. The van der Waals surface area contributed by atoms with Gasteiger partial charge in [0.2, 0.25) is 0 Å². The first-order valence-corrected chi connectivity index (χ1v) is 6.95. The Hall–Kier alpha value is -0.610. The van der Waals surface area contributed by atoms with Gasteiger partial charge in [0.05, 0.1) is 5.69 Å². The van der Waals surface area contributed by atoms with Crippen molar-refractivity contribution in [1.82, 2.24) is 4.98 Å². The van der Waals surface area contributed by atoms with E-state index in [1.165, 1.54) is 48.1 Å². The maximum Gasteiger partial charge on any atom is 0.185 e. The topological polar surface area (TPSA) is 42.2 Å². The van der Waals surface area contributed by atoms with Crippen molar-refractivity contribution in [2.45, 2.75) is 45.6 Å². The number of nitrogens with zero attached hydrogens (tertiary/aromatic N) is 2. The summed E-state index contributed by atoms with van der Waals surface area (Å²) in [6.45, 7) is 6.50. The highest BCUT2D eigenvalue weighted by Gasteiger charge is 2.16. The molecule has 0 amide bonds. The molecule has 16 heavy (non-hydrogen) atoms. The molecule has 90 valence electrons. The normalized spacial score (nSPS) is 18.8. The largest absolute Gasteiger partial charge is 0.348 e. The van der Waals surface area contributed by atoms with Gasteiger partial charge in [-0.3, -0.25) is 0 Å². The number of thiazole rings is 1. The predicted molar refractivity (Wildman–Crippen MR) is 70.3 cm³/mol. The quantitative estimate of drug-likeness (QED) is 0.880. The molecule has 2 heterocycles. The second-order valence-corrected chi connectivity index (χ2v) is 5.80. The first-order valence-electron chi connectivity index (χ1n) is 6.13. The summed E-state index contributed by atoms with van der Waals surface area (Å²) in [5.74, 6) is 0. The minimum atomic E-state index is 0.230. The van der Waals surface area contributed by atoms with E-state index in [4.69, 9.17) is 5.73 Å². The average Bonchev–Trinajstić information content (AvgIpc) is 2.61. The van der Waals surface area contributed by atoms with Crippen LogP contribution in [0.15, 0.2) is 0 Å². The summed E-state index contributed by atoms with van der Waals surface area (Å²) in [7, 11) is 0. The Morgan fingerprint density at radius 2 is 2.06 bits per heavy atom. The Bertz CT molecular complexity index is 340. The van der Waals surface area contributed by atoms with E-state index < -0.39 is 0 Å². The Balaban J connectivity index is 2.09. The minimum Gasteiger partial charge on any atom is -0.348 e. The van der Waals surface area contributed by atoms with Crippen LogP contribution in [-0.2, 0) is 6.42 Å². The van der Waals surface area contributed by atoms with Crippen molar-refractivity contribution >= 4 is 16.5 Å². The van der Waals surface area contributed by atoms with E-state index in [1.807, 2.05) is 11.3 Å². The van der Waals surface area contributed by atoms with Gasteiger partial charge in [0.1, 0.15) is 0 Å². The smallest absolute Gasteiger partial charge is 0.185 e. The molecular formula is C12H21N3S. The summed E-state index contributed by atoms with van der Waals surface area (Å²) in [6, 6.07) is 0.230. The first kappa shape index (κ1) is 11.9. The first-order chi connectivity index (χ1) is 7.66. The summed E-state index contributed by atoms with van der Waals surface area (Å²) in [5, 5.41) is 1.20. The fraction of sp³-hybridized carbons (Fsp3) is 0.750. The van der Waals surface area contributed by atoms with E-state index in [1.54, 1.807) is 0 Å². The maximum absolute atomic E-state index is 5.85. The number of aromatic nitrogens is 1. The minimum absolute atomic E-state index is 0.230. The lowest BCUT2D eigenvalue weighted by atomic mass is 10.1. The van der Waals surface area contributed by atoms with Crippen LogP contribution in [0.2, 0.25) is 0 Å². The van der Waals surface area contributed by atoms with Crippen molar-refractivity contribution in [2.75, 3.05) is 18.0 Å². The number of anilines is 1. The van der Waals surface area contributed by atoms with E-state index in [2.05, 4.69) is 23.7 Å². The van der Waals surface area contributed by atoms with E-state index in [9.17, 15) is 0 Å². The van der Waals surface area contributed by atoms with Crippen molar-refractivity contribution < 1.29 is 0 Å². The second kappa shape index (κ2) is 5.15. The number of hydrogen-bond donors (Lipinski definition) is 1. The van der Waals surface area contributed by atoms with E-state index in [0.717, 1.165) is 6.42 Å². The fourth-order valence-electron chi connectivity index (χ4n) is 2.11. The Kier molecular flexibility index (Phi) is 3.82. The molecule has 2 rings (SSSR count). The predicted octanol–water partition coefficient (Wildman–Crippen LogP) is 2.33. The fourth-order valence-corrected chi connectivity index (χ4v) is 3.37. The number of piperidine rings is 1. The van der Waals surface area contributed by atoms with E-state index >= 15 is 0 Å². The number of nitrogens with two attached hydrogens (primary N) is 1. The van der Waals surface area contributed by atoms with Gasteiger partial charge in [-0.25, -0.2) is 4.98 Å². The summed E-state index contributed by atoms with van der Waals surface area (Å²) < 4.78 is 0. The van der Waals surface area contributed by atoms with Crippen molar-refractivity contribution in [3.63, 3.8) is 0 Å². The van der Waals surface area contributed by atoms with Crippen LogP contribution in [0.25, 0.3) is 0 Å². The zero-order valence-corrected chi connectivity index (χ0v) is 11.0. The lowest BCUT2D eigenvalue weighted by molar-refractivity contribution is 0.576. The van der Waals surface area contributed by atoms with Crippen LogP contribution in [0.5, 0.6) is 0 Å². The van der Waals surface area contributed by atoms with Crippen LogP contribution in [0.3, 0.4) is 0 Å². The Labute approximate surface area is 102 Å². The van der Waals surface area contributed by atoms with Crippen LogP contribution < -0.4 is 10.6 Å². The van der Waals surface area contributed by atoms with Crippen LogP contribution in [0.4, 0.5) is 5.13 Å². The zero-order chi connectivity index (χ0) is 11.5. The van der Waals surface area contributed by atoms with E-state index in [0.29, 0.717) is 0 Å². The number of hydrogen-bond acceptors (Lipinski definition) is 4. The molecule has 1 aromatic heterocycles. The van der Waals surface area contributed by atoms with Crippen LogP contribution in [-0.4, -0.2) is 24.1 Å². The summed E-state index contributed by atoms with van der Waals surface area (Å²) in [5.41, 5.74) is 7.02. The second-order valence-electron chi connectivity index (χ2n) is 4.73. The lowest BCUT2D eigenvalue weighted by Crippen LogP contribution is -2.29. The third-order valence-electron chi connectivity index (χ3n) is 3.02. The van der Waals surface area contributed by atoms with Crippen LogP contribution in [0, 0.1) is 6.92 Å². The van der Waals surface area contributed by atoms with Gasteiger partial charge in [0, 0.05) is 24.0 Å². The van der Waals surface area contributed by atoms with Crippen molar-refractivity contribution in [1.29, 1.82) is 0 Å². The molecule has 0 unspecified atom stereocenters. The van der Waals surface area contributed by atoms with E-state index in [-0.39, 0.29) is 6.04 Å². The molecule has 1 atom stereocenters. The molecule has 1 aliphatic rings. The van der Waals surface area contributed by atoms with Gasteiger partial charge < -0.3 is 10.6 Å². The molecule has 4 heteroatoms. The molecule has 2 N–H and O–H groups in total. The third kappa shape index (κ3) is 2.74. The van der Waals surface area contributed by atoms with Gasteiger partial charge in [-0.15, -0.1) is 11.3 Å². The highest BCUT2D eigenvalue weighted by molar-refractivity contribution is 7.15. The van der Waals surface area contributed by atoms with Gasteiger partial charge in [-0.2, -0.15) is 0 Å². The molecule has 0 aliphatic carbocycles. The average molecular weight is 239 g/mol. The molecule has 0 bridgehead atoms. The Morgan fingerprint density at radius 1 is 1.38 bits per heavy atom. The number of rotatable bonds is 3. The highest BCUT2D eigenvalue weighted by atomic mass is 32.1. The Morgan fingerprint density at radius 3 is 2.69 bits per heavy atom. The standard InChI is InChI=1S/C12H21N3S/c1-9(13)8-11-10(2)14-12(16-11)15-6-4-3-5-7-15/h9H,3-8,13H2,1-2H3/t9-/m0/s1. The summed E-state index contributed by atoms with van der Waals surface area (Å²) in [6.07, 6.45) is 4.94. The molecule has 0 spiro atoms. The summed E-state index contributed by atoms with van der Waals surface area (Å²) in [4.78, 5) is 8.46. The molecular weight excluding hydrogens is 218 g/mol. The molecule has 0 saturated carbocycles. The lowest BCUT2D eigenvalue weighted by Gasteiger charge is -2.25. The maximum atomic E-state index is 5.85. The monoisotopic (exact) mass is 239 g/mol. The van der Waals surface area contributed by atoms with Gasteiger partial charge in [-0.05, 0) is 39.5 Å². The molecule has 0 aromatic carbocycles. The molecule has 1 fully saturated rings. The molecule has 3 nitrogen and oxygen atoms in total. The van der Waals surface area contributed by atoms with Crippen LogP contribution in [0.1, 0.15) is 36.8 Å². The zero-order valence-electron chi connectivity index (χ0n) is 10.2. The SMILES string of the molecule is Cc1nc(N2CCCCC2)sc1C[C@H](C)N. The molecule has 1 aliphatic heterocycles. The van der Waals surface area contributed by atoms with Crippen molar-refractivity contribution in [2.24, 2.45) is 5.73 Å². The van der Waals surface area contributed by atoms with Gasteiger partial charge in [0.25, 0.3) is 0 Å². The number of aryl methyl sites for hydroxylation is 1. The van der Waals surface area contributed by atoms with Crippen molar-refractivity contribution in [3.8, 4) is 0 Å². The molecule has 0 radical (unpaired) electrons. The van der Waals surface area contributed by atoms with Gasteiger partial charge in [-0.1, -0.05) is 0 Å². The van der Waals surface area contributed by atoms with Crippen molar-refractivity contribution in [3.05, 3.63) is 10.6 Å². The van der Waals surface area contributed by atoms with Crippen LogP contribution >= 0.6 is 11.3 Å².